The molecule has 0 spiro atoms. The lowest BCUT2D eigenvalue weighted by Crippen LogP contribution is -2.31. The van der Waals surface area contributed by atoms with Crippen LogP contribution in [-0.2, 0) is 0 Å². The fourth-order valence-electron chi connectivity index (χ4n) is 1.03. The Morgan fingerprint density at radius 1 is 1.45 bits per heavy atom. The molecule has 4 nitrogen and oxygen atoms in total. The van der Waals surface area contributed by atoms with E-state index in [9.17, 15) is 0 Å². The average Bonchev–Trinajstić information content (AvgIpc) is 1.85. The van der Waals surface area contributed by atoms with Gasteiger partial charge in [0.2, 0.25) is 0 Å². The summed E-state index contributed by atoms with van der Waals surface area (Å²) in [4.78, 5) is 0. The minimum atomic E-state index is 0.243. The van der Waals surface area contributed by atoms with E-state index in [1.54, 1.807) is 6.21 Å². The van der Waals surface area contributed by atoms with Gasteiger partial charge in [-0.15, -0.1) is 5.10 Å². The zero-order valence-corrected chi connectivity index (χ0v) is 7.20. The first-order chi connectivity index (χ1) is 5.08. The van der Waals surface area contributed by atoms with Gasteiger partial charge in [0, 0.05) is 0 Å². The Balaban J connectivity index is 2.39. The van der Waals surface area contributed by atoms with Crippen molar-refractivity contribution in [2.24, 2.45) is 21.0 Å². The molecule has 1 rings (SSSR count). The maximum Gasteiger partial charge on any atom is 0.0832 e. The Morgan fingerprint density at radius 3 is 2.64 bits per heavy atom. The first-order valence-corrected chi connectivity index (χ1v) is 3.77. The van der Waals surface area contributed by atoms with Gasteiger partial charge in [-0.3, -0.25) is 5.43 Å². The molecule has 0 aromatic rings. The van der Waals surface area contributed by atoms with E-state index < -0.39 is 0 Å². The minimum Gasteiger partial charge on any atom is -0.281 e. The van der Waals surface area contributed by atoms with Gasteiger partial charge < -0.3 is 0 Å². The summed E-state index contributed by atoms with van der Waals surface area (Å²) in [6.07, 6.45) is 2.81. The lowest BCUT2D eigenvalue weighted by atomic mass is 9.89. The van der Waals surface area contributed by atoms with Gasteiger partial charge in [-0.2, -0.15) is 0 Å². The molecule has 0 saturated carbocycles. The smallest absolute Gasteiger partial charge is 0.0832 e. The second-order valence-corrected chi connectivity index (χ2v) is 3.95. The predicted molar refractivity (Wildman–Crippen MR) is 44.3 cm³/mol. The summed E-state index contributed by atoms with van der Waals surface area (Å²) in [6.45, 7) is 6.57. The fourth-order valence-corrected chi connectivity index (χ4v) is 1.03. The van der Waals surface area contributed by atoms with Gasteiger partial charge in [0.05, 0.1) is 12.3 Å². The van der Waals surface area contributed by atoms with Crippen molar-refractivity contribution in [2.75, 3.05) is 0 Å². The molecule has 0 amide bonds. The van der Waals surface area contributed by atoms with Gasteiger partial charge in [0.15, 0.2) is 0 Å². The first kappa shape index (κ1) is 8.17. The topological polar surface area (TPSA) is 49.1 Å². The van der Waals surface area contributed by atoms with Gasteiger partial charge in [-0.1, -0.05) is 26.0 Å². The van der Waals surface area contributed by atoms with Gasteiger partial charge >= 0.3 is 0 Å². The number of nitrogens with zero attached hydrogens (tertiary/aromatic N) is 3. The van der Waals surface area contributed by atoms with Crippen molar-refractivity contribution in [1.29, 1.82) is 0 Å². The predicted octanol–water partition coefficient (Wildman–Crippen LogP) is 1.75. The van der Waals surface area contributed by atoms with Gasteiger partial charge in [0.25, 0.3) is 0 Å². The summed E-state index contributed by atoms with van der Waals surface area (Å²) in [6, 6.07) is 0.243. The zero-order valence-electron chi connectivity index (χ0n) is 7.20. The number of nitrogens with one attached hydrogen (secondary N) is 1. The molecular formula is C7H14N4. The highest BCUT2D eigenvalue weighted by molar-refractivity contribution is 5.64. The van der Waals surface area contributed by atoms with Crippen LogP contribution in [0.2, 0.25) is 0 Å². The molecule has 1 unspecified atom stereocenters. The van der Waals surface area contributed by atoms with Gasteiger partial charge in [-0.25, -0.2) is 0 Å². The van der Waals surface area contributed by atoms with Crippen molar-refractivity contribution in [3.63, 3.8) is 0 Å². The second kappa shape index (κ2) is 2.98. The molecule has 11 heavy (non-hydrogen) atoms. The van der Waals surface area contributed by atoms with Gasteiger partial charge in [-0.05, 0) is 17.1 Å². The van der Waals surface area contributed by atoms with Gasteiger partial charge in [0.1, 0.15) is 0 Å². The van der Waals surface area contributed by atoms with Crippen LogP contribution in [0.1, 0.15) is 27.2 Å². The number of hydrogen-bond donors (Lipinski definition) is 1. The summed E-state index contributed by atoms with van der Waals surface area (Å²) >= 11 is 0. The van der Waals surface area contributed by atoms with Crippen LogP contribution in [0.5, 0.6) is 0 Å². The van der Waals surface area contributed by atoms with E-state index in [-0.39, 0.29) is 6.04 Å². The lowest BCUT2D eigenvalue weighted by molar-refractivity contribution is 0.342. The second-order valence-electron chi connectivity index (χ2n) is 3.95. The molecule has 1 aliphatic heterocycles. The van der Waals surface area contributed by atoms with E-state index in [1.165, 1.54) is 0 Å². The molecule has 1 heterocycles. The normalized spacial score (nSPS) is 23.4. The van der Waals surface area contributed by atoms with Crippen LogP contribution in [0, 0.1) is 5.41 Å². The molecule has 1 N–H and O–H groups in total. The SMILES string of the molecule is CC(C)(C)CC1C=NN=NN1. The van der Waals surface area contributed by atoms with Crippen LogP contribution < -0.4 is 5.43 Å². The molecule has 1 aliphatic rings. The maximum atomic E-state index is 3.71. The molecule has 4 heteroatoms. The Morgan fingerprint density at radius 2 is 2.18 bits per heavy atom. The molecule has 0 saturated heterocycles. The molecular weight excluding hydrogens is 140 g/mol. The zero-order chi connectivity index (χ0) is 8.32. The third-order valence-corrected chi connectivity index (χ3v) is 1.40. The van der Waals surface area contributed by atoms with Crippen LogP contribution in [0.15, 0.2) is 15.5 Å². The maximum absolute atomic E-state index is 3.71. The largest absolute Gasteiger partial charge is 0.281 e. The summed E-state index contributed by atoms with van der Waals surface area (Å²) in [5.41, 5.74) is 3.19. The van der Waals surface area contributed by atoms with Crippen molar-refractivity contribution in [3.05, 3.63) is 0 Å². The van der Waals surface area contributed by atoms with E-state index in [0.29, 0.717) is 5.41 Å². The van der Waals surface area contributed by atoms with Crippen molar-refractivity contribution in [1.82, 2.24) is 5.43 Å². The van der Waals surface area contributed by atoms with Crippen molar-refractivity contribution in [2.45, 2.75) is 33.2 Å². The minimum absolute atomic E-state index is 0.243. The molecule has 0 aliphatic carbocycles. The van der Waals surface area contributed by atoms with Crippen LogP contribution in [0.4, 0.5) is 0 Å². The van der Waals surface area contributed by atoms with E-state index in [1.807, 2.05) is 0 Å². The molecule has 0 radical (unpaired) electrons. The third kappa shape index (κ3) is 3.11. The van der Waals surface area contributed by atoms with E-state index >= 15 is 0 Å². The monoisotopic (exact) mass is 154 g/mol. The van der Waals surface area contributed by atoms with E-state index in [4.69, 9.17) is 0 Å². The summed E-state index contributed by atoms with van der Waals surface area (Å²) in [5.74, 6) is 0. The highest BCUT2D eigenvalue weighted by Gasteiger charge is 2.17. The Bertz CT molecular complexity index is 177. The highest BCUT2D eigenvalue weighted by Crippen LogP contribution is 2.20. The van der Waals surface area contributed by atoms with Crippen LogP contribution >= 0.6 is 0 Å². The van der Waals surface area contributed by atoms with E-state index in [2.05, 4.69) is 41.7 Å². The fraction of sp³-hybridized carbons (Fsp3) is 0.857. The molecule has 1 atom stereocenters. The summed E-state index contributed by atoms with van der Waals surface area (Å²) < 4.78 is 0. The first-order valence-electron chi connectivity index (χ1n) is 3.77. The molecule has 62 valence electrons. The van der Waals surface area contributed by atoms with Crippen molar-refractivity contribution in [3.8, 4) is 0 Å². The third-order valence-electron chi connectivity index (χ3n) is 1.40. The van der Waals surface area contributed by atoms with Crippen LogP contribution in [0.25, 0.3) is 0 Å². The number of rotatable bonds is 1. The highest BCUT2D eigenvalue weighted by atomic mass is 15.5. The standard InChI is InChI=1S/C7H14N4/c1-7(2,3)4-6-5-8-10-11-9-6/h5-6H,4H2,1-3H3,(H,9,10). The Hall–Kier alpha value is -0.930. The van der Waals surface area contributed by atoms with Crippen LogP contribution in [0.3, 0.4) is 0 Å². The van der Waals surface area contributed by atoms with Crippen LogP contribution in [-0.4, -0.2) is 12.3 Å². The molecule has 0 aromatic carbocycles. The lowest BCUT2D eigenvalue weighted by Gasteiger charge is -2.22. The van der Waals surface area contributed by atoms with E-state index in [0.717, 1.165) is 6.42 Å². The summed E-state index contributed by atoms with van der Waals surface area (Å²) in [5, 5.41) is 10.8. The molecule has 0 aromatic heterocycles. The number of hydrogen-bond acceptors (Lipinski definition) is 4. The van der Waals surface area contributed by atoms with Crippen molar-refractivity contribution < 1.29 is 0 Å². The Kier molecular flexibility index (Phi) is 2.22. The average molecular weight is 154 g/mol. The molecule has 0 bridgehead atoms. The quantitative estimate of drug-likeness (QED) is 0.614. The Labute approximate surface area is 66.8 Å². The van der Waals surface area contributed by atoms with Crippen molar-refractivity contribution >= 4 is 6.21 Å². The molecule has 0 fully saturated rings. The summed E-state index contributed by atoms with van der Waals surface area (Å²) in [7, 11) is 0.